The Bertz CT molecular complexity index is 360. The Balaban J connectivity index is 1.97. The van der Waals surface area contributed by atoms with Gasteiger partial charge in [0.05, 0.1) is 5.69 Å². The molecule has 2 rings (SSSR count). The van der Waals surface area contributed by atoms with E-state index >= 15 is 0 Å². The van der Waals surface area contributed by atoms with E-state index in [4.69, 9.17) is 0 Å². The molecule has 0 radical (unpaired) electrons. The highest BCUT2D eigenvalue weighted by Crippen LogP contribution is 2.01. The van der Waals surface area contributed by atoms with Crippen molar-refractivity contribution in [1.82, 2.24) is 20.0 Å². The molecule has 0 aromatic carbocycles. The quantitative estimate of drug-likeness (QED) is 0.692. The molecule has 0 saturated carbocycles. The second-order valence-electron chi connectivity index (χ2n) is 4.06. The molecule has 15 heavy (non-hydrogen) atoms. The Kier molecular flexibility index (Phi) is 3.23. The maximum absolute atomic E-state index is 11.3. The minimum atomic E-state index is 0.0398. The number of aryl methyl sites for hydroxylation is 1. The minimum absolute atomic E-state index is 0.0398. The van der Waals surface area contributed by atoms with E-state index in [0.29, 0.717) is 0 Å². The molecule has 1 aromatic heterocycles. The molecule has 2 N–H and O–H groups in total. The van der Waals surface area contributed by atoms with E-state index in [1.54, 1.807) is 13.1 Å². The summed E-state index contributed by atoms with van der Waals surface area (Å²) < 4.78 is 1.52. The molecule has 1 fully saturated rings. The highest BCUT2D eigenvalue weighted by Gasteiger charge is 2.10. The Labute approximate surface area is 89.1 Å². The molecule has 5 nitrogen and oxygen atoms in total. The average Bonchev–Trinajstić information content (AvgIpc) is 2.45. The van der Waals surface area contributed by atoms with Crippen LogP contribution in [0.1, 0.15) is 12.1 Å². The van der Waals surface area contributed by atoms with Gasteiger partial charge in [-0.05, 0) is 19.5 Å². The lowest BCUT2D eigenvalue weighted by Gasteiger charge is -2.17. The lowest BCUT2D eigenvalue weighted by molar-refractivity contribution is 0.280. The standard InChI is InChI=1S/C10H18N4O/c1-13-10(15)7-9(12-13)8-14-5-2-3-11-4-6-14/h7,11-12H,2-6,8H2,1H3. The zero-order valence-corrected chi connectivity index (χ0v) is 9.12. The molecule has 0 bridgehead atoms. The van der Waals surface area contributed by atoms with Crippen molar-refractivity contribution in [3.63, 3.8) is 0 Å². The van der Waals surface area contributed by atoms with E-state index in [9.17, 15) is 4.79 Å². The van der Waals surface area contributed by atoms with Gasteiger partial charge in [-0.25, -0.2) is 0 Å². The summed E-state index contributed by atoms with van der Waals surface area (Å²) in [5.74, 6) is 0. The largest absolute Gasteiger partial charge is 0.315 e. The molecular formula is C10H18N4O. The number of H-pyrrole nitrogens is 1. The van der Waals surface area contributed by atoms with Crippen LogP contribution in [-0.2, 0) is 13.6 Å². The summed E-state index contributed by atoms with van der Waals surface area (Å²) in [5, 5.41) is 6.41. The summed E-state index contributed by atoms with van der Waals surface area (Å²) in [7, 11) is 1.75. The molecule has 2 heterocycles. The number of hydrogen-bond donors (Lipinski definition) is 2. The van der Waals surface area contributed by atoms with E-state index in [0.717, 1.165) is 38.4 Å². The van der Waals surface area contributed by atoms with Crippen molar-refractivity contribution in [2.45, 2.75) is 13.0 Å². The van der Waals surface area contributed by atoms with Crippen LogP contribution in [0, 0.1) is 0 Å². The highest BCUT2D eigenvalue weighted by atomic mass is 16.1. The SMILES string of the molecule is Cn1[nH]c(CN2CCCNCC2)cc1=O. The fourth-order valence-corrected chi connectivity index (χ4v) is 1.93. The van der Waals surface area contributed by atoms with Gasteiger partial charge < -0.3 is 5.32 Å². The Morgan fingerprint density at radius 2 is 2.27 bits per heavy atom. The molecule has 0 spiro atoms. The number of nitrogens with one attached hydrogen (secondary N) is 2. The second kappa shape index (κ2) is 4.63. The third-order valence-corrected chi connectivity index (χ3v) is 2.77. The van der Waals surface area contributed by atoms with Crippen molar-refractivity contribution in [1.29, 1.82) is 0 Å². The van der Waals surface area contributed by atoms with E-state index in [-0.39, 0.29) is 5.56 Å². The van der Waals surface area contributed by atoms with Crippen molar-refractivity contribution in [2.75, 3.05) is 26.2 Å². The first kappa shape index (κ1) is 10.4. The number of aromatic amines is 1. The van der Waals surface area contributed by atoms with E-state index in [1.165, 1.54) is 11.1 Å². The summed E-state index contributed by atoms with van der Waals surface area (Å²) in [6.45, 7) is 5.14. The first-order chi connectivity index (χ1) is 7.25. The molecular weight excluding hydrogens is 192 g/mol. The molecule has 1 saturated heterocycles. The molecule has 0 unspecified atom stereocenters. The van der Waals surface area contributed by atoms with Crippen LogP contribution in [0.5, 0.6) is 0 Å². The minimum Gasteiger partial charge on any atom is -0.315 e. The second-order valence-corrected chi connectivity index (χ2v) is 4.06. The van der Waals surface area contributed by atoms with Gasteiger partial charge >= 0.3 is 0 Å². The Morgan fingerprint density at radius 1 is 1.40 bits per heavy atom. The lowest BCUT2D eigenvalue weighted by Crippen LogP contribution is -2.27. The molecule has 84 valence electrons. The van der Waals surface area contributed by atoms with Crippen molar-refractivity contribution in [2.24, 2.45) is 7.05 Å². The van der Waals surface area contributed by atoms with Crippen LogP contribution >= 0.6 is 0 Å². The van der Waals surface area contributed by atoms with Gasteiger partial charge in [0.2, 0.25) is 0 Å². The summed E-state index contributed by atoms with van der Waals surface area (Å²) in [5.41, 5.74) is 1.04. The van der Waals surface area contributed by atoms with Crippen LogP contribution in [0.3, 0.4) is 0 Å². The predicted octanol–water partition coefficient (Wildman–Crippen LogP) is -0.491. The number of aromatic nitrogens is 2. The van der Waals surface area contributed by atoms with Gasteiger partial charge in [-0.1, -0.05) is 0 Å². The van der Waals surface area contributed by atoms with E-state index < -0.39 is 0 Å². The van der Waals surface area contributed by atoms with Crippen LogP contribution in [-0.4, -0.2) is 40.9 Å². The van der Waals surface area contributed by atoms with Crippen molar-refractivity contribution in [3.8, 4) is 0 Å². The summed E-state index contributed by atoms with van der Waals surface area (Å²) in [4.78, 5) is 13.6. The van der Waals surface area contributed by atoms with Crippen LogP contribution < -0.4 is 10.9 Å². The summed E-state index contributed by atoms with van der Waals surface area (Å²) in [6.07, 6.45) is 1.18. The molecule has 0 atom stereocenters. The molecule has 5 heteroatoms. The Hall–Kier alpha value is -1.07. The van der Waals surface area contributed by atoms with Crippen molar-refractivity contribution in [3.05, 3.63) is 22.1 Å². The molecule has 0 amide bonds. The first-order valence-corrected chi connectivity index (χ1v) is 5.44. The van der Waals surface area contributed by atoms with Crippen molar-refractivity contribution < 1.29 is 0 Å². The normalized spacial score (nSPS) is 19.0. The maximum atomic E-state index is 11.3. The zero-order valence-electron chi connectivity index (χ0n) is 9.12. The summed E-state index contributed by atoms with van der Waals surface area (Å²) in [6, 6.07) is 1.68. The van der Waals surface area contributed by atoms with Gasteiger partial charge in [0.1, 0.15) is 0 Å². The van der Waals surface area contributed by atoms with Gasteiger partial charge in [-0.3, -0.25) is 19.5 Å². The van der Waals surface area contributed by atoms with Crippen LogP contribution in [0.25, 0.3) is 0 Å². The third kappa shape index (κ3) is 2.70. The van der Waals surface area contributed by atoms with Crippen LogP contribution in [0.4, 0.5) is 0 Å². The maximum Gasteiger partial charge on any atom is 0.266 e. The van der Waals surface area contributed by atoms with Crippen LogP contribution in [0.2, 0.25) is 0 Å². The van der Waals surface area contributed by atoms with Gasteiger partial charge in [0.25, 0.3) is 5.56 Å². The summed E-state index contributed by atoms with van der Waals surface area (Å²) >= 11 is 0. The zero-order chi connectivity index (χ0) is 10.7. The first-order valence-electron chi connectivity index (χ1n) is 5.44. The third-order valence-electron chi connectivity index (χ3n) is 2.77. The fraction of sp³-hybridized carbons (Fsp3) is 0.700. The smallest absolute Gasteiger partial charge is 0.266 e. The monoisotopic (exact) mass is 210 g/mol. The molecule has 1 aromatic rings. The van der Waals surface area contributed by atoms with E-state index in [2.05, 4.69) is 15.3 Å². The van der Waals surface area contributed by atoms with Gasteiger partial charge in [-0.15, -0.1) is 0 Å². The molecule has 1 aliphatic rings. The fourth-order valence-electron chi connectivity index (χ4n) is 1.93. The Morgan fingerprint density at radius 3 is 3.00 bits per heavy atom. The van der Waals surface area contributed by atoms with Gasteiger partial charge in [-0.2, -0.15) is 0 Å². The average molecular weight is 210 g/mol. The highest BCUT2D eigenvalue weighted by molar-refractivity contribution is 4.99. The molecule has 0 aliphatic carbocycles. The number of rotatable bonds is 2. The lowest BCUT2D eigenvalue weighted by atomic mass is 10.3. The number of nitrogens with zero attached hydrogens (tertiary/aromatic N) is 2. The van der Waals surface area contributed by atoms with Gasteiger partial charge in [0, 0.05) is 32.7 Å². The van der Waals surface area contributed by atoms with Crippen molar-refractivity contribution >= 4 is 0 Å². The number of hydrogen-bond acceptors (Lipinski definition) is 3. The van der Waals surface area contributed by atoms with Gasteiger partial charge in [0.15, 0.2) is 0 Å². The van der Waals surface area contributed by atoms with E-state index in [1.807, 2.05) is 0 Å². The molecule has 1 aliphatic heterocycles. The predicted molar refractivity (Wildman–Crippen MR) is 58.8 cm³/mol. The topological polar surface area (TPSA) is 53.1 Å². The van der Waals surface area contributed by atoms with Crippen LogP contribution in [0.15, 0.2) is 10.9 Å².